The molecule has 4 nitrogen and oxygen atoms in total. The molecule has 3 aromatic rings. The molecule has 24 heavy (non-hydrogen) atoms. The molecule has 7 heteroatoms. The largest absolute Gasteiger partial charge is 0.348 e. The normalized spacial score (nSPS) is 19.6. The molecule has 1 N–H and O–H groups in total. The average Bonchev–Trinajstić information content (AvgIpc) is 3.06. The van der Waals surface area contributed by atoms with Crippen molar-refractivity contribution in [1.82, 2.24) is 14.8 Å². The highest BCUT2D eigenvalue weighted by atomic mass is 79.9. The molecule has 0 bridgehead atoms. The molecule has 0 amide bonds. The summed E-state index contributed by atoms with van der Waals surface area (Å²) in [6.45, 7) is 0. The third kappa shape index (κ3) is 2.86. The SMILES string of the molecule is Fc1ccc([C@@H]2C[C@@H](c3ccc(Br)cc3)Nc3ncnn32)cc1Br. The number of nitrogens with one attached hydrogen (secondary N) is 1. The van der Waals surface area contributed by atoms with Gasteiger partial charge in [0.2, 0.25) is 5.95 Å². The van der Waals surface area contributed by atoms with Crippen molar-refractivity contribution in [2.24, 2.45) is 0 Å². The van der Waals surface area contributed by atoms with Crippen LogP contribution in [0.4, 0.5) is 10.3 Å². The smallest absolute Gasteiger partial charge is 0.222 e. The van der Waals surface area contributed by atoms with E-state index in [0.29, 0.717) is 4.47 Å². The van der Waals surface area contributed by atoms with Crippen molar-refractivity contribution in [3.8, 4) is 0 Å². The molecule has 0 saturated heterocycles. The number of halogens is 3. The molecule has 1 aliphatic rings. The predicted molar refractivity (Wildman–Crippen MR) is 97.4 cm³/mol. The first-order valence-electron chi connectivity index (χ1n) is 7.48. The lowest BCUT2D eigenvalue weighted by Gasteiger charge is -2.32. The molecule has 2 aromatic carbocycles. The second-order valence-corrected chi connectivity index (χ2v) is 7.47. The van der Waals surface area contributed by atoms with Gasteiger partial charge >= 0.3 is 0 Å². The number of hydrogen-bond donors (Lipinski definition) is 1. The van der Waals surface area contributed by atoms with Crippen molar-refractivity contribution in [2.45, 2.75) is 18.5 Å². The molecule has 2 atom stereocenters. The van der Waals surface area contributed by atoms with Gasteiger partial charge in [-0.1, -0.05) is 34.1 Å². The number of hydrogen-bond acceptors (Lipinski definition) is 3. The summed E-state index contributed by atoms with van der Waals surface area (Å²) in [7, 11) is 0. The summed E-state index contributed by atoms with van der Waals surface area (Å²) in [5.41, 5.74) is 2.18. The standard InChI is InChI=1S/C17H13Br2FN4/c18-12-4-1-10(2-5-12)15-8-16(24-17(23-15)21-9-22-24)11-3-6-14(20)13(19)7-11/h1-7,9,15-16H,8H2,(H,21,22,23)/t15-,16-/m0/s1. The first-order valence-corrected chi connectivity index (χ1v) is 9.07. The van der Waals surface area contributed by atoms with Gasteiger partial charge in [0, 0.05) is 4.47 Å². The second kappa shape index (κ2) is 6.29. The zero-order valence-corrected chi connectivity index (χ0v) is 15.6. The van der Waals surface area contributed by atoms with E-state index < -0.39 is 0 Å². The molecular weight excluding hydrogens is 439 g/mol. The Morgan fingerprint density at radius 2 is 1.83 bits per heavy atom. The van der Waals surface area contributed by atoms with Crippen molar-refractivity contribution < 1.29 is 4.39 Å². The van der Waals surface area contributed by atoms with E-state index in [1.54, 1.807) is 6.07 Å². The molecule has 0 spiro atoms. The first-order chi connectivity index (χ1) is 11.6. The average molecular weight is 452 g/mol. The van der Waals surface area contributed by atoms with Gasteiger partial charge in [0.25, 0.3) is 0 Å². The van der Waals surface area contributed by atoms with Gasteiger partial charge in [-0.2, -0.15) is 10.1 Å². The van der Waals surface area contributed by atoms with Gasteiger partial charge in [-0.05, 0) is 57.7 Å². The van der Waals surface area contributed by atoms with Crippen LogP contribution >= 0.6 is 31.9 Å². The molecule has 122 valence electrons. The van der Waals surface area contributed by atoms with Crippen LogP contribution in [-0.4, -0.2) is 14.8 Å². The third-order valence-electron chi connectivity index (χ3n) is 4.23. The number of anilines is 1. The highest BCUT2D eigenvalue weighted by Crippen LogP contribution is 2.38. The van der Waals surface area contributed by atoms with Crippen LogP contribution in [0, 0.1) is 5.82 Å². The Kier molecular flexibility index (Phi) is 4.14. The van der Waals surface area contributed by atoms with Crippen LogP contribution in [0.3, 0.4) is 0 Å². The molecule has 2 heterocycles. The molecule has 1 aromatic heterocycles. The van der Waals surface area contributed by atoms with E-state index in [4.69, 9.17) is 0 Å². The third-order valence-corrected chi connectivity index (χ3v) is 5.37. The summed E-state index contributed by atoms with van der Waals surface area (Å²) < 4.78 is 16.9. The molecule has 0 unspecified atom stereocenters. The van der Waals surface area contributed by atoms with Crippen molar-refractivity contribution >= 4 is 37.8 Å². The van der Waals surface area contributed by atoms with E-state index in [1.807, 2.05) is 22.9 Å². The van der Waals surface area contributed by atoms with Crippen molar-refractivity contribution in [2.75, 3.05) is 5.32 Å². The zero-order valence-electron chi connectivity index (χ0n) is 12.5. The lowest BCUT2D eigenvalue weighted by Crippen LogP contribution is -2.28. The van der Waals surface area contributed by atoms with Crippen LogP contribution in [-0.2, 0) is 0 Å². The summed E-state index contributed by atoms with van der Waals surface area (Å²) in [5.74, 6) is 0.454. The van der Waals surface area contributed by atoms with Gasteiger partial charge in [-0.15, -0.1) is 0 Å². The fourth-order valence-corrected chi connectivity index (χ4v) is 3.69. The van der Waals surface area contributed by atoms with E-state index in [9.17, 15) is 4.39 Å². The number of nitrogens with zero attached hydrogens (tertiary/aromatic N) is 3. The maximum atomic E-state index is 13.6. The Morgan fingerprint density at radius 1 is 1.08 bits per heavy atom. The molecule has 0 saturated carbocycles. The highest BCUT2D eigenvalue weighted by molar-refractivity contribution is 9.10. The maximum absolute atomic E-state index is 13.6. The Balaban J connectivity index is 1.73. The van der Waals surface area contributed by atoms with Crippen LogP contribution in [0.5, 0.6) is 0 Å². The fraction of sp³-hybridized carbons (Fsp3) is 0.176. The number of benzene rings is 2. The molecule has 0 radical (unpaired) electrons. The van der Waals surface area contributed by atoms with Crippen LogP contribution in [0.25, 0.3) is 0 Å². The summed E-state index contributed by atoms with van der Waals surface area (Å²) in [6, 6.07) is 13.4. The van der Waals surface area contributed by atoms with Gasteiger partial charge in [-0.3, -0.25) is 0 Å². The lowest BCUT2D eigenvalue weighted by atomic mass is 9.93. The van der Waals surface area contributed by atoms with E-state index in [1.165, 1.54) is 18.0 Å². The van der Waals surface area contributed by atoms with E-state index in [2.05, 4.69) is 59.4 Å². The van der Waals surface area contributed by atoms with Gasteiger partial charge in [-0.25, -0.2) is 9.07 Å². The first kappa shape index (κ1) is 15.8. The minimum absolute atomic E-state index is 0.00528. The van der Waals surface area contributed by atoms with Gasteiger partial charge < -0.3 is 5.32 Å². The number of rotatable bonds is 2. The summed E-state index contributed by atoms with van der Waals surface area (Å²) in [6.07, 6.45) is 2.34. The summed E-state index contributed by atoms with van der Waals surface area (Å²) >= 11 is 6.74. The molecule has 0 aliphatic carbocycles. The summed E-state index contributed by atoms with van der Waals surface area (Å²) in [4.78, 5) is 4.31. The maximum Gasteiger partial charge on any atom is 0.222 e. The second-order valence-electron chi connectivity index (χ2n) is 5.70. The minimum atomic E-state index is -0.268. The van der Waals surface area contributed by atoms with Gasteiger partial charge in [0.05, 0.1) is 16.6 Å². The predicted octanol–water partition coefficient (Wildman–Crippen LogP) is 5.09. The van der Waals surface area contributed by atoms with E-state index >= 15 is 0 Å². The molecule has 4 rings (SSSR count). The van der Waals surface area contributed by atoms with Crippen molar-refractivity contribution in [1.29, 1.82) is 0 Å². The Labute approximate surface area is 155 Å². The lowest BCUT2D eigenvalue weighted by molar-refractivity contribution is 0.430. The van der Waals surface area contributed by atoms with Crippen molar-refractivity contribution in [3.63, 3.8) is 0 Å². The topological polar surface area (TPSA) is 42.7 Å². The zero-order chi connectivity index (χ0) is 16.7. The van der Waals surface area contributed by atoms with Crippen LogP contribution in [0.2, 0.25) is 0 Å². The van der Waals surface area contributed by atoms with E-state index in [-0.39, 0.29) is 17.9 Å². The van der Waals surface area contributed by atoms with Gasteiger partial charge in [0.1, 0.15) is 12.1 Å². The Bertz CT molecular complexity index is 879. The Morgan fingerprint density at radius 3 is 2.58 bits per heavy atom. The molecular formula is C17H13Br2FN4. The van der Waals surface area contributed by atoms with Crippen LogP contribution in [0.15, 0.2) is 57.7 Å². The summed E-state index contributed by atoms with van der Waals surface area (Å²) in [5, 5.41) is 7.76. The van der Waals surface area contributed by atoms with E-state index in [0.717, 1.165) is 22.4 Å². The minimum Gasteiger partial charge on any atom is -0.348 e. The van der Waals surface area contributed by atoms with Crippen LogP contribution in [0.1, 0.15) is 29.6 Å². The fourth-order valence-electron chi connectivity index (χ4n) is 3.03. The number of fused-ring (bicyclic) bond motifs is 1. The molecule has 0 fully saturated rings. The number of aromatic nitrogens is 3. The monoisotopic (exact) mass is 450 g/mol. The highest BCUT2D eigenvalue weighted by Gasteiger charge is 2.30. The Hall–Kier alpha value is -1.73. The van der Waals surface area contributed by atoms with Crippen molar-refractivity contribution in [3.05, 3.63) is 74.7 Å². The van der Waals surface area contributed by atoms with Gasteiger partial charge in [0.15, 0.2) is 0 Å². The molecule has 1 aliphatic heterocycles. The van der Waals surface area contributed by atoms with Crippen LogP contribution < -0.4 is 5.32 Å². The quantitative estimate of drug-likeness (QED) is 0.590.